The molecule has 0 bridgehead atoms. The van der Waals surface area contributed by atoms with Crippen molar-refractivity contribution >= 4 is 23.2 Å². The molecule has 1 heterocycles. The molecule has 3 rings (SSSR count). The average Bonchev–Trinajstić information content (AvgIpc) is 3.20. The molecule has 3 nitrogen and oxygen atoms in total. The van der Waals surface area contributed by atoms with E-state index in [-0.39, 0.29) is 12.0 Å². The third-order valence-corrected chi connectivity index (χ3v) is 3.20. The van der Waals surface area contributed by atoms with Crippen LogP contribution in [0.2, 0.25) is 5.02 Å². The second kappa shape index (κ2) is 5.03. The zero-order valence-corrected chi connectivity index (χ0v) is 10.8. The van der Waals surface area contributed by atoms with Crippen LogP contribution < -0.4 is 5.32 Å². The first-order valence-corrected chi connectivity index (χ1v) is 6.39. The van der Waals surface area contributed by atoms with Crippen molar-refractivity contribution in [3.8, 4) is 0 Å². The molecule has 4 heteroatoms. The largest absolute Gasteiger partial charge is 0.354 e. The van der Waals surface area contributed by atoms with Crippen molar-refractivity contribution in [2.24, 2.45) is 0 Å². The maximum absolute atomic E-state index is 12.0. The summed E-state index contributed by atoms with van der Waals surface area (Å²) in [6, 6.07) is 16.7. The number of ether oxygens (including phenoxy) is 1. The number of hydrogen-bond donors (Lipinski definition) is 1. The van der Waals surface area contributed by atoms with Crippen LogP contribution in [-0.2, 0) is 9.53 Å². The molecule has 2 aromatic rings. The maximum atomic E-state index is 12.0. The fraction of sp³-hybridized carbons (Fsp3) is 0.133. The first kappa shape index (κ1) is 12.2. The van der Waals surface area contributed by atoms with Gasteiger partial charge in [0, 0.05) is 10.7 Å². The molecule has 1 amide bonds. The van der Waals surface area contributed by atoms with Crippen molar-refractivity contribution < 1.29 is 9.53 Å². The first-order valence-electron chi connectivity index (χ1n) is 6.01. The number of benzene rings is 2. The molecule has 0 aromatic heterocycles. The summed E-state index contributed by atoms with van der Waals surface area (Å²) < 4.78 is 5.42. The molecule has 0 aliphatic carbocycles. The molecule has 0 unspecified atom stereocenters. The van der Waals surface area contributed by atoms with E-state index < -0.39 is 6.10 Å². The van der Waals surface area contributed by atoms with Crippen LogP contribution in [0.5, 0.6) is 0 Å². The molecule has 19 heavy (non-hydrogen) atoms. The Kier molecular flexibility index (Phi) is 3.23. The van der Waals surface area contributed by atoms with E-state index in [9.17, 15) is 4.79 Å². The molecule has 1 aliphatic rings. The van der Waals surface area contributed by atoms with E-state index in [1.54, 1.807) is 6.07 Å². The third-order valence-electron chi connectivity index (χ3n) is 2.97. The molecule has 0 radical (unpaired) electrons. The van der Waals surface area contributed by atoms with Crippen LogP contribution in [0.1, 0.15) is 11.7 Å². The van der Waals surface area contributed by atoms with Gasteiger partial charge in [0.2, 0.25) is 0 Å². The summed E-state index contributed by atoms with van der Waals surface area (Å²) in [7, 11) is 0. The van der Waals surface area contributed by atoms with Crippen LogP contribution in [0, 0.1) is 0 Å². The Morgan fingerprint density at radius 1 is 1.11 bits per heavy atom. The molecular weight excluding hydrogens is 262 g/mol. The molecule has 1 saturated heterocycles. The number of carbonyl (C=O) groups excluding carboxylic acids is 1. The lowest BCUT2D eigenvalue weighted by molar-refractivity contribution is -0.117. The minimum atomic E-state index is -0.432. The monoisotopic (exact) mass is 273 g/mol. The van der Waals surface area contributed by atoms with E-state index in [1.165, 1.54) is 0 Å². The van der Waals surface area contributed by atoms with E-state index in [4.69, 9.17) is 16.3 Å². The molecule has 0 saturated carbocycles. The van der Waals surface area contributed by atoms with Crippen LogP contribution in [0.4, 0.5) is 5.69 Å². The van der Waals surface area contributed by atoms with Crippen LogP contribution >= 0.6 is 11.6 Å². The smallest absolute Gasteiger partial charge is 0.256 e. The summed E-state index contributed by atoms with van der Waals surface area (Å²) in [6.45, 7) is 0. The summed E-state index contributed by atoms with van der Waals surface area (Å²) in [4.78, 5) is 12.0. The zero-order valence-electron chi connectivity index (χ0n) is 10.0. The summed E-state index contributed by atoms with van der Waals surface area (Å²) >= 11 is 5.92. The highest BCUT2D eigenvalue weighted by atomic mass is 35.5. The van der Waals surface area contributed by atoms with Gasteiger partial charge in [0.15, 0.2) is 6.10 Å². The lowest BCUT2D eigenvalue weighted by Crippen LogP contribution is -2.18. The molecule has 96 valence electrons. The highest BCUT2D eigenvalue weighted by Crippen LogP contribution is 2.39. The average molecular weight is 274 g/mol. The number of nitrogens with one attached hydrogen (secondary N) is 1. The number of carbonyl (C=O) groups is 1. The SMILES string of the molecule is O=C(Nc1ccccc1)[C@@H]1O[C@@H]1c1cccc(Cl)c1. The Hall–Kier alpha value is -1.84. The van der Waals surface area contributed by atoms with E-state index in [2.05, 4.69) is 5.32 Å². The number of hydrogen-bond acceptors (Lipinski definition) is 2. The molecular formula is C15H12ClNO2. The first-order chi connectivity index (χ1) is 9.24. The fourth-order valence-electron chi connectivity index (χ4n) is 1.98. The topological polar surface area (TPSA) is 41.6 Å². The lowest BCUT2D eigenvalue weighted by atomic mass is 10.1. The van der Waals surface area contributed by atoms with Crippen molar-refractivity contribution in [1.82, 2.24) is 0 Å². The van der Waals surface area contributed by atoms with Gasteiger partial charge in [-0.15, -0.1) is 0 Å². The van der Waals surface area contributed by atoms with Gasteiger partial charge in [0.1, 0.15) is 6.10 Å². The van der Waals surface area contributed by atoms with E-state index in [0.717, 1.165) is 11.3 Å². The van der Waals surface area contributed by atoms with Gasteiger partial charge < -0.3 is 10.1 Å². The Morgan fingerprint density at radius 3 is 2.63 bits per heavy atom. The van der Waals surface area contributed by atoms with Crippen LogP contribution in [0.25, 0.3) is 0 Å². The van der Waals surface area contributed by atoms with E-state index in [1.807, 2.05) is 48.5 Å². The van der Waals surface area contributed by atoms with E-state index >= 15 is 0 Å². The van der Waals surface area contributed by atoms with Crippen LogP contribution in [0.3, 0.4) is 0 Å². The van der Waals surface area contributed by atoms with Gasteiger partial charge in [-0.3, -0.25) is 4.79 Å². The van der Waals surface area contributed by atoms with E-state index in [0.29, 0.717) is 5.02 Å². The standard InChI is InChI=1S/C15H12ClNO2/c16-11-6-4-5-10(9-11)13-14(19-13)15(18)17-12-7-2-1-3-8-12/h1-9,13-14H,(H,17,18)/t13-,14-/m1/s1. The highest BCUT2D eigenvalue weighted by molar-refractivity contribution is 6.30. The fourth-order valence-corrected chi connectivity index (χ4v) is 2.18. The summed E-state index contributed by atoms with van der Waals surface area (Å²) in [5.74, 6) is -0.129. The van der Waals surface area contributed by atoms with Crippen molar-refractivity contribution in [3.05, 3.63) is 65.2 Å². The Morgan fingerprint density at radius 2 is 1.89 bits per heavy atom. The lowest BCUT2D eigenvalue weighted by Gasteiger charge is -2.02. The Balaban J connectivity index is 1.65. The Labute approximate surface area is 116 Å². The summed E-state index contributed by atoms with van der Waals surface area (Å²) in [5, 5.41) is 3.47. The predicted octanol–water partition coefficient (Wildman–Crippen LogP) is 3.42. The van der Waals surface area contributed by atoms with Gasteiger partial charge >= 0.3 is 0 Å². The zero-order chi connectivity index (χ0) is 13.2. The normalized spacial score (nSPS) is 20.9. The second-order valence-corrected chi connectivity index (χ2v) is 4.82. The molecule has 2 aromatic carbocycles. The maximum Gasteiger partial charge on any atom is 0.256 e. The quantitative estimate of drug-likeness (QED) is 0.871. The van der Waals surface area contributed by atoms with Gasteiger partial charge in [0.25, 0.3) is 5.91 Å². The molecule has 1 aliphatic heterocycles. The van der Waals surface area contributed by atoms with Gasteiger partial charge in [0.05, 0.1) is 0 Å². The molecule has 0 spiro atoms. The second-order valence-electron chi connectivity index (χ2n) is 4.39. The number of halogens is 1. The van der Waals surface area contributed by atoms with Gasteiger partial charge in [-0.25, -0.2) is 0 Å². The summed E-state index contributed by atoms with van der Waals surface area (Å²) in [6.07, 6.45) is -0.624. The minimum Gasteiger partial charge on any atom is -0.354 e. The number of para-hydroxylation sites is 1. The summed E-state index contributed by atoms with van der Waals surface area (Å²) in [5.41, 5.74) is 1.70. The predicted molar refractivity (Wildman–Crippen MR) is 74.1 cm³/mol. The van der Waals surface area contributed by atoms with Crippen molar-refractivity contribution in [3.63, 3.8) is 0 Å². The van der Waals surface area contributed by atoms with Gasteiger partial charge in [-0.1, -0.05) is 41.9 Å². The van der Waals surface area contributed by atoms with Gasteiger partial charge in [-0.2, -0.15) is 0 Å². The number of epoxide rings is 1. The highest BCUT2D eigenvalue weighted by Gasteiger charge is 2.46. The van der Waals surface area contributed by atoms with Crippen molar-refractivity contribution in [1.29, 1.82) is 0 Å². The number of rotatable bonds is 3. The molecule has 1 fully saturated rings. The third kappa shape index (κ3) is 2.78. The van der Waals surface area contributed by atoms with Crippen LogP contribution in [-0.4, -0.2) is 12.0 Å². The number of anilines is 1. The Bertz CT molecular complexity index is 600. The van der Waals surface area contributed by atoms with Crippen LogP contribution in [0.15, 0.2) is 54.6 Å². The van der Waals surface area contributed by atoms with Gasteiger partial charge in [-0.05, 0) is 29.8 Å². The minimum absolute atomic E-state index is 0.129. The molecule has 1 N–H and O–H groups in total. The van der Waals surface area contributed by atoms with Crippen molar-refractivity contribution in [2.75, 3.05) is 5.32 Å². The number of amides is 1. The molecule has 2 atom stereocenters. The van der Waals surface area contributed by atoms with Crippen molar-refractivity contribution in [2.45, 2.75) is 12.2 Å².